The van der Waals surface area contributed by atoms with Gasteiger partial charge in [-0.3, -0.25) is 14.4 Å². The number of allylic oxidation sites excluding steroid dienone is 2. The molecule has 12 nitrogen and oxygen atoms in total. The molecule has 3 N–H and O–H groups in total. The highest BCUT2D eigenvalue weighted by Gasteiger charge is 2.49. The van der Waals surface area contributed by atoms with Crippen molar-refractivity contribution in [1.82, 2.24) is 0 Å². The second kappa shape index (κ2) is 12.0. The summed E-state index contributed by atoms with van der Waals surface area (Å²) in [6.07, 6.45) is -1.54. The largest absolute Gasteiger partial charge is 0.465 e. The van der Waals surface area contributed by atoms with Crippen molar-refractivity contribution < 1.29 is 58.2 Å². The Balaban J connectivity index is 1.77. The van der Waals surface area contributed by atoms with E-state index >= 15 is 0 Å². The summed E-state index contributed by atoms with van der Waals surface area (Å²) in [5, 5.41) is 31.4. The summed E-state index contributed by atoms with van der Waals surface area (Å²) in [5.41, 5.74) is -1.77. The smallest absolute Gasteiger partial charge is 0.350 e. The number of hydrogen-bond acceptors (Lipinski definition) is 12. The molecule has 1 aliphatic heterocycles. The lowest BCUT2D eigenvalue weighted by molar-refractivity contribution is -0.296. The summed E-state index contributed by atoms with van der Waals surface area (Å²) < 4.78 is 27.0. The predicted octanol–water partition coefficient (Wildman–Crippen LogP) is -0.0340. The molecule has 0 aromatic rings. The molecule has 12 heteroatoms. The average Bonchev–Trinajstić information content (AvgIpc) is 2.83. The van der Waals surface area contributed by atoms with Crippen LogP contribution in [-0.4, -0.2) is 88.5 Å². The first-order chi connectivity index (χ1) is 17.0. The van der Waals surface area contributed by atoms with Gasteiger partial charge in [0.15, 0.2) is 11.9 Å². The Bertz CT molecular complexity index is 922. The zero-order valence-electron chi connectivity index (χ0n) is 20.2. The Morgan fingerprint density at radius 3 is 2.44 bits per heavy atom. The van der Waals surface area contributed by atoms with Gasteiger partial charge in [0.25, 0.3) is 0 Å². The number of ether oxygens (including phenoxy) is 5. The lowest BCUT2D eigenvalue weighted by atomic mass is 9.90. The molecule has 0 saturated carbocycles. The molecule has 1 unspecified atom stereocenters. The van der Waals surface area contributed by atoms with Crippen LogP contribution in [0.15, 0.2) is 23.5 Å². The number of Topliss-reactive ketones (excluding diaryl/α,β-unsaturated/α-hetero) is 1. The Morgan fingerprint density at radius 2 is 1.78 bits per heavy atom. The van der Waals surface area contributed by atoms with E-state index in [9.17, 15) is 34.5 Å². The topological polar surface area (TPSA) is 175 Å². The molecular formula is C24H32O12. The minimum Gasteiger partial charge on any atom is -0.465 e. The molecule has 0 aromatic carbocycles. The van der Waals surface area contributed by atoms with Crippen LogP contribution in [0, 0.1) is 0 Å². The van der Waals surface area contributed by atoms with Crippen LogP contribution in [0.3, 0.4) is 0 Å². The maximum absolute atomic E-state index is 12.5. The van der Waals surface area contributed by atoms with Crippen molar-refractivity contribution in [2.75, 3.05) is 13.2 Å². The van der Waals surface area contributed by atoms with Crippen molar-refractivity contribution in [3.8, 4) is 0 Å². The zero-order chi connectivity index (χ0) is 26.5. The second-order valence-electron chi connectivity index (χ2n) is 8.96. The summed E-state index contributed by atoms with van der Waals surface area (Å²) in [6.45, 7) is 1.67. The fraction of sp³-hybridized carbons (Fsp3) is 0.667. The van der Waals surface area contributed by atoms with Gasteiger partial charge >= 0.3 is 17.9 Å². The fourth-order valence-electron chi connectivity index (χ4n) is 4.23. The lowest BCUT2D eigenvalue weighted by Crippen LogP contribution is -2.60. The number of aliphatic hydroxyl groups excluding tert-OH is 2. The van der Waals surface area contributed by atoms with Crippen LogP contribution < -0.4 is 0 Å². The van der Waals surface area contributed by atoms with Crippen molar-refractivity contribution >= 4 is 23.7 Å². The van der Waals surface area contributed by atoms with Crippen LogP contribution in [0.5, 0.6) is 0 Å². The van der Waals surface area contributed by atoms with Gasteiger partial charge in [0.1, 0.15) is 37.3 Å². The third-order valence-corrected chi connectivity index (χ3v) is 6.19. The minimum absolute atomic E-state index is 0.0262. The van der Waals surface area contributed by atoms with E-state index in [0.717, 1.165) is 25.8 Å². The van der Waals surface area contributed by atoms with Crippen molar-refractivity contribution in [1.29, 1.82) is 0 Å². The fourth-order valence-corrected chi connectivity index (χ4v) is 4.23. The van der Waals surface area contributed by atoms with E-state index in [4.69, 9.17) is 23.7 Å². The van der Waals surface area contributed by atoms with Gasteiger partial charge in [-0.2, -0.15) is 0 Å². The van der Waals surface area contributed by atoms with Crippen molar-refractivity contribution in [3.63, 3.8) is 0 Å². The van der Waals surface area contributed by atoms with Crippen LogP contribution in [0.1, 0.15) is 52.4 Å². The first-order valence-electron chi connectivity index (χ1n) is 11.8. The maximum Gasteiger partial charge on any atom is 0.350 e. The molecule has 36 heavy (non-hydrogen) atoms. The molecule has 0 spiro atoms. The molecular weight excluding hydrogens is 480 g/mol. The molecule has 1 fully saturated rings. The number of carbonyl (C=O) groups is 4. The molecule has 0 aromatic heterocycles. The summed E-state index contributed by atoms with van der Waals surface area (Å²) in [7, 11) is 0. The van der Waals surface area contributed by atoms with Gasteiger partial charge in [-0.1, -0.05) is 6.08 Å². The molecule has 0 bridgehead atoms. The Kier molecular flexibility index (Phi) is 9.23. The highest BCUT2D eigenvalue weighted by Crippen LogP contribution is 2.32. The predicted molar refractivity (Wildman–Crippen MR) is 119 cm³/mol. The minimum atomic E-state index is -2.33. The summed E-state index contributed by atoms with van der Waals surface area (Å²) in [6, 6.07) is 0. The molecule has 6 atom stereocenters. The van der Waals surface area contributed by atoms with E-state index in [2.05, 4.69) is 0 Å². The molecule has 3 aliphatic rings. The quantitative estimate of drug-likeness (QED) is 0.172. The Morgan fingerprint density at radius 1 is 1.06 bits per heavy atom. The van der Waals surface area contributed by atoms with E-state index in [1.54, 1.807) is 6.08 Å². The van der Waals surface area contributed by atoms with Crippen LogP contribution in [0.25, 0.3) is 0 Å². The molecule has 200 valence electrons. The van der Waals surface area contributed by atoms with Gasteiger partial charge < -0.3 is 39.0 Å². The molecule has 2 aliphatic carbocycles. The Labute approximate surface area is 207 Å². The van der Waals surface area contributed by atoms with E-state index in [1.807, 2.05) is 0 Å². The number of carbonyl (C=O) groups excluding carboxylic acids is 4. The maximum atomic E-state index is 12.5. The number of hydrogen-bond donors (Lipinski definition) is 3. The van der Waals surface area contributed by atoms with Crippen LogP contribution >= 0.6 is 0 Å². The van der Waals surface area contributed by atoms with Gasteiger partial charge in [-0.15, -0.1) is 0 Å². The molecule has 1 saturated heterocycles. The van der Waals surface area contributed by atoms with Gasteiger partial charge in [0.05, 0.1) is 0 Å². The third kappa shape index (κ3) is 6.49. The number of ketones is 1. The number of esters is 3. The zero-order valence-corrected chi connectivity index (χ0v) is 20.2. The first-order valence-corrected chi connectivity index (χ1v) is 11.8. The lowest BCUT2D eigenvalue weighted by Gasteiger charge is -2.42. The van der Waals surface area contributed by atoms with E-state index in [-0.39, 0.29) is 19.6 Å². The standard InChI is InChI=1S/C24H32O12/c1-13(25)32-12-17-19(28)20(29)21(34-14(2)26)22(36-17)35-16-8-4-3-7-15(16)11-33-23(30)24(31)10-6-5-9-18(24)27/h6,10,17,19-22,28-29,31H,3-5,7-9,11-12H2,1-2H3/t17-,19-,20+,21-,22-,24?/m1/s1. The SMILES string of the molecule is CC(=O)OC[C@H]1O[C@@H](OC2=C(COC(=O)C3(O)C=CCCC3=O)CCCC2)[C@H](OC(C)=O)[C@@H](O)[C@@H]1O. The summed E-state index contributed by atoms with van der Waals surface area (Å²) in [4.78, 5) is 47.4. The third-order valence-electron chi connectivity index (χ3n) is 6.19. The summed E-state index contributed by atoms with van der Waals surface area (Å²) >= 11 is 0. The summed E-state index contributed by atoms with van der Waals surface area (Å²) in [5.74, 6) is -2.73. The molecule has 3 rings (SSSR count). The number of rotatable bonds is 8. The molecule has 0 amide bonds. The van der Waals surface area contributed by atoms with Crippen molar-refractivity contribution in [2.24, 2.45) is 0 Å². The van der Waals surface area contributed by atoms with Gasteiger partial charge in [0, 0.05) is 32.3 Å². The second-order valence-corrected chi connectivity index (χ2v) is 8.96. The van der Waals surface area contributed by atoms with E-state index in [1.165, 1.54) is 6.92 Å². The van der Waals surface area contributed by atoms with Crippen molar-refractivity contribution in [2.45, 2.75) is 88.7 Å². The van der Waals surface area contributed by atoms with Gasteiger partial charge in [0.2, 0.25) is 11.9 Å². The van der Waals surface area contributed by atoms with E-state index in [0.29, 0.717) is 30.6 Å². The van der Waals surface area contributed by atoms with Crippen LogP contribution in [0.2, 0.25) is 0 Å². The number of aliphatic hydroxyl groups is 3. The highest BCUT2D eigenvalue weighted by atomic mass is 16.7. The van der Waals surface area contributed by atoms with Crippen LogP contribution in [-0.2, 0) is 42.9 Å². The molecule has 0 radical (unpaired) electrons. The molecule has 1 heterocycles. The van der Waals surface area contributed by atoms with Gasteiger partial charge in [-0.05, 0) is 31.8 Å². The van der Waals surface area contributed by atoms with Crippen molar-refractivity contribution in [3.05, 3.63) is 23.5 Å². The first kappa shape index (κ1) is 27.8. The highest BCUT2D eigenvalue weighted by molar-refractivity contribution is 6.09. The van der Waals surface area contributed by atoms with E-state index < -0.39 is 60.0 Å². The average molecular weight is 513 g/mol. The van der Waals surface area contributed by atoms with Crippen LogP contribution in [0.4, 0.5) is 0 Å². The normalized spacial score (nSPS) is 32.6. The Hall–Kier alpha value is -2.80. The monoisotopic (exact) mass is 512 g/mol. The van der Waals surface area contributed by atoms with Gasteiger partial charge in [-0.25, -0.2) is 4.79 Å².